The molecule has 0 bridgehead atoms. The second-order valence-electron chi connectivity index (χ2n) is 23.5. The molecule has 2 saturated heterocycles. The minimum absolute atomic E-state index is 0.0102. The van der Waals surface area contributed by atoms with Gasteiger partial charge in [-0.1, -0.05) is 45.0 Å². The van der Waals surface area contributed by atoms with Crippen LogP contribution in [0.15, 0.2) is 71.1 Å². The van der Waals surface area contributed by atoms with Gasteiger partial charge in [-0.25, -0.2) is 9.97 Å². The summed E-state index contributed by atoms with van der Waals surface area (Å²) in [5, 5.41) is 33.8. The zero-order chi connectivity index (χ0) is 63.3. The molecule has 5 amide bonds. The number of ether oxygens (including phenoxy) is 4. The highest BCUT2D eigenvalue weighted by molar-refractivity contribution is 7.13. The Labute approximate surface area is 519 Å². The van der Waals surface area contributed by atoms with Crippen molar-refractivity contribution in [2.75, 3.05) is 109 Å². The monoisotopic (exact) mass is 1230 g/mol. The summed E-state index contributed by atoms with van der Waals surface area (Å²) in [4.78, 5) is 98.3. The molecule has 0 unspecified atom stereocenters. The van der Waals surface area contributed by atoms with Crippen LogP contribution in [-0.4, -0.2) is 189 Å². The summed E-state index contributed by atoms with van der Waals surface area (Å²) in [5.74, 6) is -0.826. The number of thiazole rings is 1. The summed E-state index contributed by atoms with van der Waals surface area (Å²) >= 11 is 1.57. The first-order valence-corrected chi connectivity index (χ1v) is 31.1. The van der Waals surface area contributed by atoms with Gasteiger partial charge in [0.1, 0.15) is 17.9 Å². The van der Waals surface area contributed by atoms with Gasteiger partial charge in [0.2, 0.25) is 23.6 Å². The summed E-state index contributed by atoms with van der Waals surface area (Å²) < 4.78 is 22.4. The molecule has 0 radical (unpaired) electrons. The van der Waals surface area contributed by atoms with Crippen LogP contribution in [0.1, 0.15) is 97.9 Å². The number of aryl methyl sites for hydroxylation is 3. The van der Waals surface area contributed by atoms with E-state index in [4.69, 9.17) is 29.3 Å². The number of carbonyl (C=O) groups excluding carboxylic acids is 5. The molecule has 0 aliphatic carbocycles. The van der Waals surface area contributed by atoms with Crippen LogP contribution in [0.5, 0.6) is 0 Å². The third kappa shape index (κ3) is 20.0. The Hall–Kier alpha value is -7.45. The number of H-pyrrole nitrogens is 1. The standard InChI is InChI=1S/C64H88N12O11S/c1-41(2)71-53-33-48(32-50(51(53)35-65)60(80)69-38-52-42(3)31-43(4)72-61(52)81)47-13-14-55(67-37-47)75-21-19-74(20-22-75)18-17-66-56(78)15-23-84-25-27-86-29-30-87-28-26-85-24-16-57(79)73-59(64(6,7)8)63(83)76-39-49(77)34-54(76)62(82)68-36-45-9-11-46(12-10-45)58-44(5)70-40-88-58/h9-14,31-33,35,37,40-41,49,54,59,65,71,77H,15-30,34,36,38-39H2,1-8H3,(H,66,78)(H,68,82)(H,69,80)(H,72,81)(H,73,79)/t49-,54+,59-/m1/s1. The molecule has 5 aromatic rings. The zero-order valence-electron chi connectivity index (χ0n) is 52.1. The van der Waals surface area contributed by atoms with Gasteiger partial charge in [-0.05, 0) is 92.6 Å². The first-order valence-electron chi connectivity index (χ1n) is 30.2. The summed E-state index contributed by atoms with van der Waals surface area (Å²) in [6.45, 7) is 22.0. The second kappa shape index (κ2) is 33.2. The zero-order valence-corrected chi connectivity index (χ0v) is 52.9. The maximum atomic E-state index is 14.0. The first-order chi connectivity index (χ1) is 42.2. The number of hydrogen-bond acceptors (Lipinski definition) is 18. The highest BCUT2D eigenvalue weighted by atomic mass is 32.1. The summed E-state index contributed by atoms with van der Waals surface area (Å²) in [7, 11) is 0. The van der Waals surface area contributed by atoms with E-state index < -0.39 is 35.4 Å². The number of aliphatic hydroxyl groups is 1. The molecule has 24 heteroatoms. The Balaban J connectivity index is 0.702. The van der Waals surface area contributed by atoms with Crippen LogP contribution in [0.3, 0.4) is 0 Å². The highest BCUT2D eigenvalue weighted by Crippen LogP contribution is 2.32. The number of aromatic amines is 1. The first kappa shape index (κ1) is 68.0. The number of benzene rings is 2. The second-order valence-corrected chi connectivity index (χ2v) is 24.4. The van der Waals surface area contributed by atoms with E-state index in [-0.39, 0.29) is 88.0 Å². The molecule has 3 aromatic heterocycles. The molecule has 5 heterocycles. The number of β-amino-alcohol motifs (C(OH)–C–C–N with tert-alkyl or cyclic N) is 1. The van der Waals surface area contributed by atoms with Gasteiger partial charge in [0.05, 0.1) is 80.6 Å². The average molecular weight is 1230 g/mol. The maximum Gasteiger partial charge on any atom is 0.253 e. The number of nitrogens with zero attached hydrogens (tertiary/aromatic N) is 5. The number of rotatable bonds is 32. The fraction of sp³-hybridized carbons (Fsp3) is 0.516. The Bertz CT molecular complexity index is 3190. The molecule has 88 heavy (non-hydrogen) atoms. The van der Waals surface area contributed by atoms with E-state index in [0.717, 1.165) is 76.1 Å². The van der Waals surface area contributed by atoms with E-state index in [1.807, 2.05) is 109 Å². The molecule has 3 atom stereocenters. The smallest absolute Gasteiger partial charge is 0.253 e. The third-order valence-electron chi connectivity index (χ3n) is 15.2. The predicted octanol–water partition coefficient (Wildman–Crippen LogP) is 5.13. The number of carbonyl (C=O) groups is 5. The predicted molar refractivity (Wildman–Crippen MR) is 340 cm³/mol. The lowest BCUT2D eigenvalue weighted by Gasteiger charge is -2.35. The van der Waals surface area contributed by atoms with Gasteiger partial charge in [-0.15, -0.1) is 11.3 Å². The number of aromatic nitrogens is 3. The number of nitrogens with one attached hydrogen (secondary N) is 7. The minimum Gasteiger partial charge on any atom is -0.391 e. The van der Waals surface area contributed by atoms with E-state index in [1.54, 1.807) is 23.6 Å². The van der Waals surface area contributed by atoms with Crippen molar-refractivity contribution in [2.24, 2.45) is 5.41 Å². The Kier molecular flexibility index (Phi) is 25.7. The van der Waals surface area contributed by atoms with Crippen LogP contribution in [0.2, 0.25) is 0 Å². The van der Waals surface area contributed by atoms with E-state index in [2.05, 4.69) is 46.4 Å². The molecule has 2 aliphatic heterocycles. The maximum absolute atomic E-state index is 14.0. The highest BCUT2D eigenvalue weighted by Gasteiger charge is 2.44. The van der Waals surface area contributed by atoms with E-state index in [1.165, 1.54) is 11.1 Å². The van der Waals surface area contributed by atoms with Crippen molar-refractivity contribution in [2.45, 2.75) is 112 Å². The molecule has 8 N–H and O–H groups in total. The van der Waals surface area contributed by atoms with Crippen molar-refractivity contribution in [1.29, 1.82) is 5.41 Å². The van der Waals surface area contributed by atoms with Crippen LogP contribution in [0.4, 0.5) is 11.5 Å². The Morgan fingerprint density at radius 1 is 0.795 bits per heavy atom. The van der Waals surface area contributed by atoms with E-state index in [0.29, 0.717) is 68.5 Å². The number of amides is 5. The van der Waals surface area contributed by atoms with Crippen LogP contribution in [0.25, 0.3) is 21.6 Å². The molecule has 2 fully saturated rings. The lowest BCUT2D eigenvalue weighted by molar-refractivity contribution is -0.144. The van der Waals surface area contributed by atoms with Crippen molar-refractivity contribution in [3.8, 4) is 21.6 Å². The summed E-state index contributed by atoms with van der Waals surface area (Å²) in [6, 6.07) is 15.6. The number of likely N-dealkylation sites (tertiary alicyclic amines) is 1. The topological polar surface area (TPSA) is 295 Å². The fourth-order valence-corrected chi connectivity index (χ4v) is 11.3. The number of piperazine rings is 1. The third-order valence-corrected chi connectivity index (χ3v) is 16.2. The van der Waals surface area contributed by atoms with Gasteiger partial charge in [0.25, 0.3) is 11.5 Å². The molecule has 7 rings (SSSR count). The summed E-state index contributed by atoms with van der Waals surface area (Å²) in [5.41, 5.74) is 8.75. The van der Waals surface area contributed by atoms with Crippen LogP contribution >= 0.6 is 11.3 Å². The average Bonchev–Trinajstić information content (AvgIpc) is 1.95. The van der Waals surface area contributed by atoms with Crippen molar-refractivity contribution in [3.05, 3.63) is 116 Å². The van der Waals surface area contributed by atoms with Crippen molar-refractivity contribution < 1.29 is 48.0 Å². The molecular formula is C64H88N12O11S. The minimum atomic E-state index is -0.944. The normalized spacial score (nSPS) is 15.7. The van der Waals surface area contributed by atoms with Crippen LogP contribution < -0.4 is 37.0 Å². The molecular weight excluding hydrogens is 1140 g/mol. The van der Waals surface area contributed by atoms with E-state index >= 15 is 0 Å². The quantitative estimate of drug-likeness (QED) is 0.0205. The van der Waals surface area contributed by atoms with Crippen molar-refractivity contribution in [3.63, 3.8) is 0 Å². The van der Waals surface area contributed by atoms with Crippen molar-refractivity contribution >= 4 is 58.6 Å². The number of pyridine rings is 2. The van der Waals surface area contributed by atoms with Gasteiger partial charge in [-0.2, -0.15) is 0 Å². The number of hydrogen-bond donors (Lipinski definition) is 8. The van der Waals surface area contributed by atoms with Crippen molar-refractivity contribution in [1.82, 2.24) is 46.0 Å². The summed E-state index contributed by atoms with van der Waals surface area (Å²) in [6.07, 6.45) is 2.43. The lowest BCUT2D eigenvalue weighted by Crippen LogP contribution is -2.57. The van der Waals surface area contributed by atoms with E-state index in [9.17, 15) is 33.9 Å². The molecule has 2 aliphatic rings. The molecule has 23 nitrogen and oxygen atoms in total. The molecule has 0 spiro atoms. The van der Waals surface area contributed by atoms with Gasteiger partial charge in [0.15, 0.2) is 0 Å². The lowest BCUT2D eigenvalue weighted by atomic mass is 9.85. The van der Waals surface area contributed by atoms with Gasteiger partial charge in [-0.3, -0.25) is 33.7 Å². The van der Waals surface area contributed by atoms with Gasteiger partial charge < -0.3 is 70.8 Å². The number of aliphatic hydroxyl groups excluding tert-OH is 1. The fourth-order valence-electron chi connectivity index (χ4n) is 10.5. The molecule has 476 valence electrons. The van der Waals surface area contributed by atoms with Crippen LogP contribution in [0, 0.1) is 31.6 Å². The van der Waals surface area contributed by atoms with Crippen LogP contribution in [-0.2, 0) is 51.2 Å². The Morgan fingerprint density at radius 2 is 1.44 bits per heavy atom. The Morgan fingerprint density at radius 3 is 2.03 bits per heavy atom. The van der Waals surface area contributed by atoms with Gasteiger partial charge in [0, 0.05) is 125 Å². The molecule has 0 saturated carbocycles. The SMILES string of the molecule is Cc1cc(C)c(CNC(=O)c2cc(-c3ccc(N4CCN(CCNC(=O)CCOCCOCCOCCOCCC(=O)N[C@H](C(=O)N5C[C@H](O)C[C@H]5C(=O)NCc5ccc(-c6scnc6C)cc5)C(C)(C)C)CC4)nc3)cc(NC(C)C)c2C=N)c(=O)[nH]1. The molecule has 2 aromatic carbocycles. The van der Waals surface area contributed by atoms with Gasteiger partial charge >= 0.3 is 0 Å². The largest absolute Gasteiger partial charge is 0.391 e. The number of anilines is 2.